The van der Waals surface area contributed by atoms with Crippen LogP contribution in [0.2, 0.25) is 0 Å². The van der Waals surface area contributed by atoms with E-state index in [-0.39, 0.29) is 7.92 Å². The number of fused-ring (bicyclic) bond motifs is 1. The van der Waals surface area contributed by atoms with Crippen LogP contribution >= 0.6 is 16.1 Å². The number of benzene rings is 2. The fourth-order valence-electron chi connectivity index (χ4n) is 5.56. The molecule has 3 aromatic rings. The van der Waals surface area contributed by atoms with Gasteiger partial charge in [0, 0.05) is 10.7 Å². The van der Waals surface area contributed by atoms with Crippen molar-refractivity contribution in [1.29, 1.82) is 0 Å². The highest BCUT2D eigenvalue weighted by molar-refractivity contribution is 7.67. The van der Waals surface area contributed by atoms with Crippen LogP contribution in [-0.4, -0.2) is 16.3 Å². The van der Waals surface area contributed by atoms with Crippen LogP contribution in [0.4, 0.5) is 0 Å². The van der Waals surface area contributed by atoms with E-state index in [1.807, 2.05) is 0 Å². The van der Waals surface area contributed by atoms with E-state index in [0.717, 1.165) is 11.3 Å². The van der Waals surface area contributed by atoms with Crippen molar-refractivity contribution in [2.75, 3.05) is 0 Å². The summed E-state index contributed by atoms with van der Waals surface area (Å²) in [4.78, 5) is 5.14. The Morgan fingerprint density at radius 1 is 0.828 bits per heavy atom. The average Bonchev–Trinajstić information content (AvgIpc) is 3.19. The minimum atomic E-state index is -0.0876. The Balaban J connectivity index is 1.58. The molecule has 0 amide bonds. The van der Waals surface area contributed by atoms with Crippen LogP contribution in [-0.2, 0) is 0 Å². The van der Waals surface area contributed by atoms with Gasteiger partial charge >= 0.3 is 0 Å². The molecule has 29 heavy (non-hydrogen) atoms. The van der Waals surface area contributed by atoms with Crippen molar-refractivity contribution in [3.8, 4) is 11.0 Å². The lowest BCUT2D eigenvalue weighted by atomic mass is 9.99. The van der Waals surface area contributed by atoms with Crippen LogP contribution in [0, 0.1) is 6.92 Å². The zero-order valence-electron chi connectivity index (χ0n) is 17.7. The summed E-state index contributed by atoms with van der Waals surface area (Å²) in [5.74, 6) is 0. The molecule has 1 unspecified atom stereocenters. The lowest BCUT2D eigenvalue weighted by Gasteiger charge is -2.39. The van der Waals surface area contributed by atoms with Gasteiger partial charge in [0.2, 0.25) is 0 Å². The van der Waals surface area contributed by atoms with E-state index in [1.165, 1.54) is 91.4 Å². The molecule has 152 valence electrons. The molecule has 1 atom stereocenters. The van der Waals surface area contributed by atoms with Gasteiger partial charge in [-0.3, -0.25) is 0 Å². The summed E-state index contributed by atoms with van der Waals surface area (Å²) in [5, 5.41) is 3.13. The maximum atomic E-state index is 5.14. The first kappa shape index (κ1) is 19.8. The van der Waals surface area contributed by atoms with Crippen molar-refractivity contribution in [3.63, 3.8) is 0 Å². The van der Waals surface area contributed by atoms with Crippen molar-refractivity contribution in [3.05, 3.63) is 48.0 Å². The molecule has 2 aliphatic rings. The molecule has 3 heteroatoms. The molecular formula is C26H33NP2. The predicted octanol–water partition coefficient (Wildman–Crippen LogP) is 8.01. The molecule has 1 nitrogen and oxygen atoms in total. The zero-order chi connectivity index (χ0) is 19.6. The Kier molecular flexibility index (Phi) is 6.08. The van der Waals surface area contributed by atoms with Gasteiger partial charge < -0.3 is 0 Å². The van der Waals surface area contributed by atoms with Gasteiger partial charge in [-0.05, 0) is 61.4 Å². The van der Waals surface area contributed by atoms with Crippen LogP contribution in [0.15, 0.2) is 42.5 Å². The fourth-order valence-corrected chi connectivity index (χ4v) is 11.0. The highest BCUT2D eigenvalue weighted by Crippen LogP contribution is 2.56. The fraction of sp³-hybridized carbons (Fsp3) is 0.500. The third kappa shape index (κ3) is 4.19. The summed E-state index contributed by atoms with van der Waals surface area (Å²) in [5.41, 5.74) is 7.28. The first-order valence-corrected chi connectivity index (χ1v) is 14.1. The predicted molar refractivity (Wildman–Crippen MR) is 132 cm³/mol. The van der Waals surface area contributed by atoms with Gasteiger partial charge in [0.05, 0.1) is 10.9 Å². The summed E-state index contributed by atoms with van der Waals surface area (Å²) in [6.45, 7) is 2.20. The van der Waals surface area contributed by atoms with Crippen molar-refractivity contribution in [2.24, 2.45) is 0 Å². The highest BCUT2D eigenvalue weighted by Gasteiger charge is 2.33. The smallest absolute Gasteiger partial charge is 0.0878 e. The summed E-state index contributed by atoms with van der Waals surface area (Å²) >= 11 is 0. The topological polar surface area (TPSA) is 12.9 Å². The van der Waals surface area contributed by atoms with Crippen molar-refractivity contribution in [1.82, 2.24) is 4.98 Å². The number of rotatable bonds is 4. The molecule has 0 aliphatic heterocycles. The monoisotopic (exact) mass is 421 g/mol. The molecule has 0 spiro atoms. The molecule has 0 N–H and O–H groups in total. The van der Waals surface area contributed by atoms with Crippen LogP contribution in [0.1, 0.15) is 69.8 Å². The maximum absolute atomic E-state index is 5.14. The summed E-state index contributed by atoms with van der Waals surface area (Å²) in [6, 6.07) is 16.2. The Morgan fingerprint density at radius 2 is 1.48 bits per heavy atom. The molecule has 5 rings (SSSR count). The second-order valence-electron chi connectivity index (χ2n) is 9.11. The highest BCUT2D eigenvalue weighted by atomic mass is 31.1. The van der Waals surface area contributed by atoms with Gasteiger partial charge in [-0.1, -0.05) is 82.3 Å². The van der Waals surface area contributed by atoms with E-state index in [2.05, 4.69) is 49.4 Å². The van der Waals surface area contributed by atoms with Crippen LogP contribution < -0.4 is 5.30 Å². The number of hydrogen-bond acceptors (Lipinski definition) is 1. The molecule has 2 saturated carbocycles. The van der Waals surface area contributed by atoms with E-state index >= 15 is 0 Å². The summed E-state index contributed by atoms with van der Waals surface area (Å²) in [7, 11) is 0.625. The minimum absolute atomic E-state index is 0.0876. The minimum Gasteiger partial charge on any atom is -0.243 e. The molecule has 1 aromatic heterocycles. The van der Waals surface area contributed by atoms with E-state index in [4.69, 9.17) is 4.98 Å². The van der Waals surface area contributed by atoms with Crippen LogP contribution in [0.3, 0.4) is 0 Å². The van der Waals surface area contributed by atoms with Crippen LogP contribution in [0.5, 0.6) is 0 Å². The van der Waals surface area contributed by atoms with E-state index < -0.39 is 0 Å². The number of hydrogen-bond donors (Lipinski definition) is 0. The second-order valence-corrected chi connectivity index (χ2v) is 13.1. The van der Waals surface area contributed by atoms with Gasteiger partial charge in [0.1, 0.15) is 0 Å². The standard InChI is InChI=1S/C26H33NP2/c1-19-16-17-23-24(18-19)28-26(27-23)22-14-8-9-15-25(22)29(20-10-4-2-5-11-20)21-12-6-3-7-13-21/h8-9,14-18,20-21,28H,2-7,10-13H2,1H3. The third-order valence-electron chi connectivity index (χ3n) is 7.01. The molecule has 0 saturated heterocycles. The molecule has 0 bridgehead atoms. The van der Waals surface area contributed by atoms with E-state index in [9.17, 15) is 0 Å². The largest absolute Gasteiger partial charge is 0.243 e. The maximum Gasteiger partial charge on any atom is 0.0878 e. The van der Waals surface area contributed by atoms with Crippen molar-refractivity contribution in [2.45, 2.75) is 82.4 Å². The van der Waals surface area contributed by atoms with Gasteiger partial charge in [-0.25, -0.2) is 4.98 Å². The third-order valence-corrected chi connectivity index (χ3v) is 11.9. The second kappa shape index (κ2) is 8.91. The summed E-state index contributed by atoms with van der Waals surface area (Å²) in [6.07, 6.45) is 14.6. The van der Waals surface area contributed by atoms with Gasteiger partial charge in [-0.2, -0.15) is 0 Å². The SMILES string of the molecule is Cc1ccc2nc(-c3ccccc3P(C3CCCCC3)C3CCCCC3)[pH]c2c1. The normalized spacial score (nSPS) is 19.5. The van der Waals surface area contributed by atoms with Gasteiger partial charge in [0.15, 0.2) is 0 Å². The summed E-state index contributed by atoms with van der Waals surface area (Å²) < 4.78 is 0. The molecule has 1 heterocycles. The van der Waals surface area contributed by atoms with Gasteiger partial charge in [0.25, 0.3) is 0 Å². The lowest BCUT2D eigenvalue weighted by Crippen LogP contribution is -2.27. The lowest BCUT2D eigenvalue weighted by molar-refractivity contribution is 0.487. The van der Waals surface area contributed by atoms with Crippen molar-refractivity contribution >= 4 is 32.1 Å². The number of aryl methyl sites for hydroxylation is 1. The molecule has 2 fully saturated rings. The Labute approximate surface area is 178 Å². The molecular weight excluding hydrogens is 388 g/mol. The molecule has 2 aromatic carbocycles. The van der Waals surface area contributed by atoms with Crippen LogP contribution in [0.25, 0.3) is 21.6 Å². The Morgan fingerprint density at radius 3 is 2.17 bits per heavy atom. The van der Waals surface area contributed by atoms with E-state index in [1.54, 1.807) is 5.30 Å². The molecule has 2 aliphatic carbocycles. The zero-order valence-corrected chi connectivity index (χ0v) is 19.6. The van der Waals surface area contributed by atoms with Crippen molar-refractivity contribution < 1.29 is 0 Å². The van der Waals surface area contributed by atoms with Gasteiger partial charge in [-0.15, -0.1) is 8.19 Å². The number of aromatic nitrogens is 1. The first-order valence-electron chi connectivity index (χ1n) is 11.6. The Bertz CT molecular complexity index is 946. The number of nitrogens with zero attached hydrogens (tertiary/aromatic N) is 1. The average molecular weight is 422 g/mol. The van der Waals surface area contributed by atoms with E-state index in [0.29, 0.717) is 8.19 Å². The first-order chi connectivity index (χ1) is 14.3. The molecule has 0 radical (unpaired) electrons. The quantitative estimate of drug-likeness (QED) is 0.389. The Hall–Kier alpha value is -1.16.